The van der Waals surface area contributed by atoms with Crippen LogP contribution in [0.1, 0.15) is 5.56 Å². The second-order valence-electron chi connectivity index (χ2n) is 3.92. The molecule has 1 fully saturated rings. The SMILES string of the molecule is COc1cccc(/C=C2/SC(=S)N(CC(=O)[O-])C2=O)c1. The number of hydrogen-bond acceptors (Lipinski definition) is 6. The quantitative estimate of drug-likeness (QED) is 0.601. The highest BCUT2D eigenvalue weighted by atomic mass is 32.2. The second kappa shape index (κ2) is 6.06. The molecule has 2 rings (SSSR count). The molecule has 104 valence electrons. The van der Waals surface area contributed by atoms with E-state index in [9.17, 15) is 14.7 Å². The van der Waals surface area contributed by atoms with Crippen molar-refractivity contribution in [2.45, 2.75) is 0 Å². The minimum atomic E-state index is -1.34. The van der Waals surface area contributed by atoms with Crippen LogP contribution in [0.5, 0.6) is 5.75 Å². The summed E-state index contributed by atoms with van der Waals surface area (Å²) < 4.78 is 5.31. The Hall–Kier alpha value is -1.86. The lowest BCUT2D eigenvalue weighted by molar-refractivity contribution is -0.305. The molecular formula is C13H10NO4S2-. The van der Waals surface area contributed by atoms with Crippen LogP contribution in [-0.2, 0) is 9.59 Å². The minimum absolute atomic E-state index is 0.216. The van der Waals surface area contributed by atoms with Gasteiger partial charge in [-0.3, -0.25) is 9.69 Å². The molecule has 1 aromatic rings. The van der Waals surface area contributed by atoms with Gasteiger partial charge in [-0.25, -0.2) is 0 Å². The zero-order valence-electron chi connectivity index (χ0n) is 10.5. The fraction of sp³-hybridized carbons (Fsp3) is 0.154. The lowest BCUT2D eigenvalue weighted by Crippen LogP contribution is -2.40. The Labute approximate surface area is 125 Å². The Bertz CT molecular complexity index is 612. The summed E-state index contributed by atoms with van der Waals surface area (Å²) in [6, 6.07) is 7.17. The molecule has 7 heteroatoms. The summed E-state index contributed by atoms with van der Waals surface area (Å²) in [7, 11) is 1.55. The number of amides is 1. The highest BCUT2D eigenvalue weighted by Gasteiger charge is 2.31. The Balaban J connectivity index is 2.25. The lowest BCUT2D eigenvalue weighted by Gasteiger charge is -2.14. The maximum Gasteiger partial charge on any atom is 0.266 e. The van der Waals surface area contributed by atoms with Gasteiger partial charge in [0.15, 0.2) is 0 Å². The molecule has 0 N–H and O–H groups in total. The number of rotatable bonds is 4. The first-order valence-corrected chi connectivity index (χ1v) is 6.83. The average Bonchev–Trinajstić information content (AvgIpc) is 2.66. The number of nitrogens with zero attached hydrogens (tertiary/aromatic N) is 1. The van der Waals surface area contributed by atoms with Crippen LogP contribution in [0.3, 0.4) is 0 Å². The van der Waals surface area contributed by atoms with E-state index < -0.39 is 18.4 Å². The summed E-state index contributed by atoms with van der Waals surface area (Å²) in [5.41, 5.74) is 0.776. The zero-order chi connectivity index (χ0) is 14.7. The summed E-state index contributed by atoms with van der Waals surface area (Å²) in [6.07, 6.45) is 1.65. The molecule has 0 atom stereocenters. The monoisotopic (exact) mass is 308 g/mol. The van der Waals surface area contributed by atoms with Gasteiger partial charge >= 0.3 is 0 Å². The number of aliphatic carboxylic acids is 1. The van der Waals surface area contributed by atoms with E-state index in [1.165, 1.54) is 0 Å². The van der Waals surface area contributed by atoms with Crippen molar-refractivity contribution in [2.24, 2.45) is 0 Å². The van der Waals surface area contributed by atoms with E-state index >= 15 is 0 Å². The summed E-state index contributed by atoms with van der Waals surface area (Å²) in [4.78, 5) is 24.0. The zero-order valence-corrected chi connectivity index (χ0v) is 12.1. The molecular weight excluding hydrogens is 298 g/mol. The highest BCUT2D eigenvalue weighted by Crippen LogP contribution is 2.32. The van der Waals surface area contributed by atoms with E-state index in [1.54, 1.807) is 31.4 Å². The maximum absolute atomic E-state index is 12.0. The van der Waals surface area contributed by atoms with Gasteiger partial charge in [0.1, 0.15) is 10.1 Å². The summed E-state index contributed by atoms with van der Waals surface area (Å²) >= 11 is 6.06. The van der Waals surface area contributed by atoms with Gasteiger partial charge in [0, 0.05) is 0 Å². The summed E-state index contributed by atoms with van der Waals surface area (Å²) in [6.45, 7) is -0.528. The first kappa shape index (κ1) is 14.5. The van der Waals surface area contributed by atoms with Crippen molar-refractivity contribution >= 4 is 46.3 Å². The van der Waals surface area contributed by atoms with E-state index in [0.29, 0.717) is 10.7 Å². The van der Waals surface area contributed by atoms with Gasteiger partial charge in [-0.1, -0.05) is 36.1 Å². The molecule has 0 aliphatic carbocycles. The van der Waals surface area contributed by atoms with Gasteiger partial charge in [-0.05, 0) is 23.8 Å². The van der Waals surface area contributed by atoms with Crippen LogP contribution in [0.4, 0.5) is 0 Å². The third kappa shape index (κ3) is 3.17. The number of methoxy groups -OCH3 is 1. The molecule has 0 aromatic heterocycles. The smallest absolute Gasteiger partial charge is 0.266 e. The van der Waals surface area contributed by atoms with Crippen LogP contribution in [-0.4, -0.2) is 34.8 Å². The van der Waals surface area contributed by atoms with Crippen LogP contribution >= 0.6 is 24.0 Å². The molecule has 0 spiro atoms. The number of carbonyl (C=O) groups is 2. The molecule has 20 heavy (non-hydrogen) atoms. The first-order chi connectivity index (χ1) is 9.51. The van der Waals surface area contributed by atoms with Crippen molar-refractivity contribution in [1.29, 1.82) is 0 Å². The van der Waals surface area contributed by atoms with Crippen LogP contribution in [0.2, 0.25) is 0 Å². The van der Waals surface area contributed by atoms with Crippen LogP contribution < -0.4 is 9.84 Å². The number of hydrogen-bond donors (Lipinski definition) is 0. The second-order valence-corrected chi connectivity index (χ2v) is 5.59. The topological polar surface area (TPSA) is 69.7 Å². The largest absolute Gasteiger partial charge is 0.548 e. The van der Waals surface area contributed by atoms with E-state index in [4.69, 9.17) is 17.0 Å². The number of ether oxygens (including phenoxy) is 1. The van der Waals surface area contributed by atoms with Crippen molar-refractivity contribution in [3.8, 4) is 5.75 Å². The van der Waals surface area contributed by atoms with Crippen LogP contribution in [0, 0.1) is 0 Å². The van der Waals surface area contributed by atoms with E-state index in [0.717, 1.165) is 22.2 Å². The van der Waals surface area contributed by atoms with Gasteiger partial charge in [0.2, 0.25) is 0 Å². The van der Waals surface area contributed by atoms with Crippen molar-refractivity contribution in [3.05, 3.63) is 34.7 Å². The minimum Gasteiger partial charge on any atom is -0.548 e. The fourth-order valence-electron chi connectivity index (χ4n) is 1.65. The molecule has 1 heterocycles. The van der Waals surface area contributed by atoms with Gasteiger partial charge < -0.3 is 14.6 Å². The number of thiocarbonyl (C=S) groups is 1. The number of carbonyl (C=O) groups excluding carboxylic acids is 2. The number of carboxylic acid groups (broad SMARTS) is 1. The predicted octanol–water partition coefficient (Wildman–Crippen LogP) is 0.646. The third-order valence-electron chi connectivity index (χ3n) is 2.55. The van der Waals surface area contributed by atoms with E-state index in [2.05, 4.69) is 0 Å². The maximum atomic E-state index is 12.0. The molecule has 1 amide bonds. The summed E-state index contributed by atoms with van der Waals surface area (Å²) in [5, 5.41) is 10.6. The standard InChI is InChI=1S/C13H11NO4S2/c1-18-9-4-2-3-8(5-9)6-10-12(17)14(7-11(15)16)13(19)20-10/h2-6H,7H2,1H3,(H,15,16)/p-1/b10-6+. The van der Waals surface area contributed by atoms with Crippen LogP contribution in [0.25, 0.3) is 6.08 Å². The average molecular weight is 308 g/mol. The van der Waals surface area contributed by atoms with Crippen molar-refractivity contribution in [2.75, 3.05) is 13.7 Å². The molecule has 1 saturated heterocycles. The number of benzene rings is 1. The molecule has 0 bridgehead atoms. The normalized spacial score (nSPS) is 16.9. The molecule has 0 radical (unpaired) electrons. The molecule has 5 nitrogen and oxygen atoms in total. The Morgan fingerprint density at radius 2 is 2.30 bits per heavy atom. The van der Waals surface area contributed by atoms with Gasteiger partial charge in [-0.2, -0.15) is 0 Å². The first-order valence-electron chi connectivity index (χ1n) is 5.60. The summed E-state index contributed by atoms with van der Waals surface area (Å²) in [5.74, 6) is -1.10. The third-order valence-corrected chi connectivity index (χ3v) is 3.93. The number of thioether (sulfide) groups is 1. The lowest BCUT2D eigenvalue weighted by atomic mass is 10.2. The van der Waals surface area contributed by atoms with Crippen molar-refractivity contribution in [3.63, 3.8) is 0 Å². The van der Waals surface area contributed by atoms with E-state index in [-0.39, 0.29) is 4.32 Å². The Morgan fingerprint density at radius 3 is 2.95 bits per heavy atom. The van der Waals surface area contributed by atoms with Gasteiger partial charge in [0.25, 0.3) is 5.91 Å². The molecule has 0 saturated carbocycles. The molecule has 0 unspecified atom stereocenters. The van der Waals surface area contributed by atoms with Crippen molar-refractivity contribution in [1.82, 2.24) is 4.90 Å². The Kier molecular flexibility index (Phi) is 4.41. The van der Waals surface area contributed by atoms with E-state index in [1.807, 2.05) is 6.07 Å². The van der Waals surface area contributed by atoms with Gasteiger partial charge in [-0.15, -0.1) is 0 Å². The predicted molar refractivity (Wildman–Crippen MR) is 77.9 cm³/mol. The van der Waals surface area contributed by atoms with Crippen LogP contribution in [0.15, 0.2) is 29.2 Å². The molecule has 1 aliphatic heterocycles. The molecule has 1 aromatic carbocycles. The highest BCUT2D eigenvalue weighted by molar-refractivity contribution is 8.26. The Morgan fingerprint density at radius 1 is 1.55 bits per heavy atom. The molecule has 1 aliphatic rings. The fourth-order valence-corrected chi connectivity index (χ4v) is 2.90. The van der Waals surface area contributed by atoms with Gasteiger partial charge in [0.05, 0.1) is 24.5 Å². The number of carboxylic acids is 1. The van der Waals surface area contributed by atoms with Crippen molar-refractivity contribution < 1.29 is 19.4 Å².